The Morgan fingerprint density at radius 1 is 1.15 bits per heavy atom. The molecule has 8 nitrogen and oxygen atoms in total. The molecule has 27 heavy (non-hydrogen) atoms. The number of hydrogen-bond donors (Lipinski definition) is 0. The number of nitro groups is 1. The lowest BCUT2D eigenvalue weighted by Gasteiger charge is -2.00. The molecule has 0 aliphatic carbocycles. The second-order valence-electron chi connectivity index (χ2n) is 5.54. The van der Waals surface area contributed by atoms with Crippen LogP contribution in [0, 0.1) is 10.1 Å². The number of aliphatic imine (C=N–C) groups is 1. The fourth-order valence-corrected chi connectivity index (χ4v) is 2.69. The highest BCUT2D eigenvalue weighted by molar-refractivity contribution is 6.32. The molecular formula is C18H9ClN4O4. The molecule has 0 spiro atoms. The number of para-hydroxylation sites is 2. The molecule has 132 valence electrons. The van der Waals surface area contributed by atoms with Gasteiger partial charge >= 0.3 is 5.97 Å². The number of carbonyl (C=O) groups excluding carboxylic acids is 1. The number of carbonyl (C=O) groups is 1. The van der Waals surface area contributed by atoms with Gasteiger partial charge in [-0.05, 0) is 30.3 Å². The van der Waals surface area contributed by atoms with Crippen LogP contribution >= 0.6 is 11.6 Å². The van der Waals surface area contributed by atoms with Gasteiger partial charge in [0, 0.05) is 11.6 Å². The second kappa shape index (κ2) is 6.58. The third kappa shape index (κ3) is 3.25. The molecule has 0 bridgehead atoms. The normalized spacial score (nSPS) is 15.1. The highest BCUT2D eigenvalue weighted by atomic mass is 35.5. The molecule has 1 aliphatic heterocycles. The lowest BCUT2D eigenvalue weighted by atomic mass is 10.2. The lowest BCUT2D eigenvalue weighted by Crippen LogP contribution is -2.06. The third-order valence-electron chi connectivity index (χ3n) is 3.76. The predicted molar refractivity (Wildman–Crippen MR) is 98.3 cm³/mol. The molecule has 1 aliphatic rings. The van der Waals surface area contributed by atoms with Crippen molar-refractivity contribution in [1.29, 1.82) is 0 Å². The number of nitrogens with zero attached hydrogens (tertiary/aromatic N) is 4. The number of hydrogen-bond acceptors (Lipinski definition) is 7. The Bertz CT molecular complexity index is 1170. The zero-order valence-electron chi connectivity index (χ0n) is 13.5. The fraction of sp³-hybridized carbons (Fsp3) is 0. The molecule has 0 radical (unpaired) electrons. The van der Waals surface area contributed by atoms with E-state index in [9.17, 15) is 14.9 Å². The molecule has 0 unspecified atom stereocenters. The maximum absolute atomic E-state index is 12.1. The van der Waals surface area contributed by atoms with Crippen LogP contribution in [0.1, 0.15) is 11.3 Å². The second-order valence-corrected chi connectivity index (χ2v) is 5.95. The summed E-state index contributed by atoms with van der Waals surface area (Å²) in [6.45, 7) is 0. The van der Waals surface area contributed by atoms with Crippen LogP contribution < -0.4 is 0 Å². The van der Waals surface area contributed by atoms with E-state index in [1.54, 1.807) is 6.07 Å². The third-order valence-corrected chi connectivity index (χ3v) is 4.08. The summed E-state index contributed by atoms with van der Waals surface area (Å²) >= 11 is 5.79. The quantitative estimate of drug-likeness (QED) is 0.297. The molecule has 0 amide bonds. The van der Waals surface area contributed by atoms with Gasteiger partial charge in [-0.3, -0.25) is 15.1 Å². The molecule has 9 heteroatoms. The summed E-state index contributed by atoms with van der Waals surface area (Å²) in [6.07, 6.45) is 2.96. The number of aromatic nitrogens is 2. The van der Waals surface area contributed by atoms with Crippen molar-refractivity contribution in [3.63, 3.8) is 0 Å². The van der Waals surface area contributed by atoms with Crippen LogP contribution in [0.2, 0.25) is 5.02 Å². The molecule has 1 aromatic heterocycles. The van der Waals surface area contributed by atoms with Gasteiger partial charge in [-0.1, -0.05) is 23.7 Å². The highest BCUT2D eigenvalue weighted by Crippen LogP contribution is 2.27. The SMILES string of the molecule is O=C1OC(c2ccc(Cl)c([N+](=O)[O-])c2)=N/C1=C\c1cnc2ccccc2n1. The number of esters is 1. The highest BCUT2D eigenvalue weighted by Gasteiger charge is 2.26. The largest absolute Gasteiger partial charge is 0.402 e. The summed E-state index contributed by atoms with van der Waals surface area (Å²) in [5.41, 5.74) is 1.83. The van der Waals surface area contributed by atoms with Crippen molar-refractivity contribution in [3.8, 4) is 0 Å². The van der Waals surface area contributed by atoms with Gasteiger partial charge in [0.25, 0.3) is 5.69 Å². The smallest absolute Gasteiger partial charge is 0.363 e. The van der Waals surface area contributed by atoms with E-state index in [2.05, 4.69) is 15.0 Å². The Hall–Kier alpha value is -3.65. The van der Waals surface area contributed by atoms with Gasteiger partial charge in [-0.2, -0.15) is 0 Å². The molecular weight excluding hydrogens is 372 g/mol. The summed E-state index contributed by atoms with van der Waals surface area (Å²) in [7, 11) is 0. The Kier molecular flexibility index (Phi) is 4.09. The van der Waals surface area contributed by atoms with E-state index in [-0.39, 0.29) is 27.9 Å². The minimum absolute atomic E-state index is 0.0177. The van der Waals surface area contributed by atoms with Crippen molar-refractivity contribution in [2.75, 3.05) is 0 Å². The number of cyclic esters (lactones) is 1. The zero-order chi connectivity index (χ0) is 19.0. The predicted octanol–water partition coefficient (Wildman–Crippen LogP) is 3.54. The maximum atomic E-state index is 12.1. The summed E-state index contributed by atoms with van der Waals surface area (Å²) in [6, 6.07) is 11.4. The van der Waals surface area contributed by atoms with Crippen molar-refractivity contribution in [2.45, 2.75) is 0 Å². The number of halogens is 1. The summed E-state index contributed by atoms with van der Waals surface area (Å²) in [5, 5.41) is 11.0. The van der Waals surface area contributed by atoms with Crippen molar-refractivity contribution in [1.82, 2.24) is 9.97 Å². The van der Waals surface area contributed by atoms with Crippen molar-refractivity contribution in [3.05, 3.63) is 80.8 Å². The number of ether oxygens (including phenoxy) is 1. The van der Waals surface area contributed by atoms with Crippen LogP contribution in [0.4, 0.5) is 5.69 Å². The Labute approximate surface area is 157 Å². The fourth-order valence-electron chi connectivity index (χ4n) is 2.50. The van der Waals surface area contributed by atoms with Crippen LogP contribution in [0.3, 0.4) is 0 Å². The maximum Gasteiger partial charge on any atom is 0.363 e. The number of benzene rings is 2. The van der Waals surface area contributed by atoms with Gasteiger partial charge in [0.15, 0.2) is 5.70 Å². The van der Waals surface area contributed by atoms with E-state index < -0.39 is 10.9 Å². The molecule has 2 aromatic carbocycles. The first-order valence-electron chi connectivity index (χ1n) is 7.70. The van der Waals surface area contributed by atoms with Gasteiger partial charge in [0.05, 0.1) is 27.8 Å². The Morgan fingerprint density at radius 2 is 1.93 bits per heavy atom. The van der Waals surface area contributed by atoms with Crippen molar-refractivity contribution >= 4 is 46.3 Å². The van der Waals surface area contributed by atoms with E-state index in [4.69, 9.17) is 16.3 Å². The summed E-state index contributed by atoms with van der Waals surface area (Å²) in [5.74, 6) is -0.725. The number of rotatable bonds is 3. The van der Waals surface area contributed by atoms with Crippen LogP contribution in [-0.4, -0.2) is 26.8 Å². The lowest BCUT2D eigenvalue weighted by molar-refractivity contribution is -0.384. The molecule has 0 saturated heterocycles. The van der Waals surface area contributed by atoms with Gasteiger partial charge in [0.2, 0.25) is 5.90 Å². The van der Waals surface area contributed by atoms with Crippen molar-refractivity contribution in [2.24, 2.45) is 4.99 Å². The van der Waals surface area contributed by atoms with Gasteiger partial charge in [-0.25, -0.2) is 14.8 Å². The van der Waals surface area contributed by atoms with E-state index in [1.807, 2.05) is 18.2 Å². The van der Waals surface area contributed by atoms with E-state index in [1.165, 1.54) is 30.5 Å². The van der Waals surface area contributed by atoms with Crippen LogP contribution in [0.25, 0.3) is 17.1 Å². The first-order valence-corrected chi connectivity index (χ1v) is 8.08. The Morgan fingerprint density at radius 3 is 2.70 bits per heavy atom. The average molecular weight is 381 g/mol. The molecule has 3 aromatic rings. The standard InChI is InChI=1S/C18H9ClN4O4/c19-12-6-5-10(7-16(12)23(25)26)17-22-15(18(24)27-17)8-11-9-20-13-3-1-2-4-14(13)21-11/h1-9H/b15-8-. The zero-order valence-corrected chi connectivity index (χ0v) is 14.3. The monoisotopic (exact) mass is 380 g/mol. The van der Waals surface area contributed by atoms with E-state index in [0.717, 1.165) is 5.52 Å². The van der Waals surface area contributed by atoms with Crippen LogP contribution in [-0.2, 0) is 9.53 Å². The minimum atomic E-state index is -0.683. The average Bonchev–Trinajstić information content (AvgIpc) is 3.02. The summed E-state index contributed by atoms with van der Waals surface area (Å²) in [4.78, 5) is 35.3. The first kappa shape index (κ1) is 16.8. The number of fused-ring (bicyclic) bond motifs is 1. The van der Waals surface area contributed by atoms with Crippen LogP contribution in [0.15, 0.2) is 59.4 Å². The minimum Gasteiger partial charge on any atom is -0.402 e. The molecule has 0 fully saturated rings. The molecule has 2 heterocycles. The van der Waals surface area contributed by atoms with Gasteiger partial charge < -0.3 is 4.74 Å². The topological polar surface area (TPSA) is 108 Å². The summed E-state index contributed by atoms with van der Waals surface area (Å²) < 4.78 is 5.12. The van der Waals surface area contributed by atoms with Gasteiger partial charge in [-0.15, -0.1) is 0 Å². The van der Waals surface area contributed by atoms with E-state index in [0.29, 0.717) is 11.2 Å². The molecule has 4 rings (SSSR count). The van der Waals surface area contributed by atoms with Crippen molar-refractivity contribution < 1.29 is 14.5 Å². The molecule has 0 N–H and O–H groups in total. The van der Waals surface area contributed by atoms with E-state index >= 15 is 0 Å². The first-order chi connectivity index (χ1) is 13.0. The Balaban J connectivity index is 1.71. The van der Waals surface area contributed by atoms with Crippen LogP contribution in [0.5, 0.6) is 0 Å². The van der Waals surface area contributed by atoms with Gasteiger partial charge in [0.1, 0.15) is 5.02 Å². The molecule has 0 saturated carbocycles. The molecule has 0 atom stereocenters. The number of nitro benzene ring substituents is 1.